The second-order valence-corrected chi connectivity index (χ2v) is 8.04. The molecule has 1 atom stereocenters. The van der Waals surface area contributed by atoms with Crippen molar-refractivity contribution in [1.29, 1.82) is 0 Å². The number of nitrogens with zero attached hydrogens (tertiary/aromatic N) is 2. The van der Waals surface area contributed by atoms with Crippen LogP contribution in [0.5, 0.6) is 0 Å². The Kier molecular flexibility index (Phi) is 6.81. The highest BCUT2D eigenvalue weighted by Crippen LogP contribution is 2.30. The Labute approximate surface area is 175 Å². The third kappa shape index (κ3) is 4.98. The van der Waals surface area contributed by atoms with Crippen molar-refractivity contribution >= 4 is 16.5 Å². The van der Waals surface area contributed by atoms with E-state index in [9.17, 15) is 0 Å². The molecule has 0 saturated carbocycles. The van der Waals surface area contributed by atoms with Gasteiger partial charge in [0, 0.05) is 38.4 Å². The second-order valence-electron chi connectivity index (χ2n) is 8.04. The van der Waals surface area contributed by atoms with E-state index in [4.69, 9.17) is 0 Å². The van der Waals surface area contributed by atoms with Crippen LogP contribution in [0, 0.1) is 0 Å². The second kappa shape index (κ2) is 9.91. The molecule has 1 aliphatic rings. The van der Waals surface area contributed by atoms with E-state index in [1.807, 2.05) is 0 Å². The summed E-state index contributed by atoms with van der Waals surface area (Å²) in [6, 6.07) is 27.0. The molecule has 3 aromatic carbocycles. The van der Waals surface area contributed by atoms with Crippen molar-refractivity contribution in [1.82, 2.24) is 10.2 Å². The van der Waals surface area contributed by atoms with E-state index in [1.165, 1.54) is 34.9 Å². The third-order valence-electron chi connectivity index (χ3n) is 6.06. The molecule has 3 aromatic rings. The largest absolute Gasteiger partial charge is 0.368 e. The summed E-state index contributed by atoms with van der Waals surface area (Å²) in [4.78, 5) is 5.22. The summed E-state index contributed by atoms with van der Waals surface area (Å²) < 4.78 is 0. The van der Waals surface area contributed by atoms with Gasteiger partial charge in [0.1, 0.15) is 0 Å². The van der Waals surface area contributed by atoms with Crippen molar-refractivity contribution in [2.45, 2.75) is 25.8 Å². The summed E-state index contributed by atoms with van der Waals surface area (Å²) in [5.41, 5.74) is 2.76. The van der Waals surface area contributed by atoms with Crippen LogP contribution in [-0.4, -0.2) is 44.2 Å². The van der Waals surface area contributed by atoms with E-state index in [-0.39, 0.29) is 0 Å². The number of fused-ring (bicyclic) bond motifs is 1. The zero-order valence-electron chi connectivity index (χ0n) is 17.6. The van der Waals surface area contributed by atoms with Gasteiger partial charge >= 0.3 is 0 Å². The lowest BCUT2D eigenvalue weighted by molar-refractivity contribution is 0.178. The predicted octanol–water partition coefficient (Wildman–Crippen LogP) is 5.09. The first kappa shape index (κ1) is 19.9. The molecular weight excluding hydrogens is 354 g/mol. The molecule has 0 radical (unpaired) electrons. The highest BCUT2D eigenvalue weighted by atomic mass is 15.3. The Balaban J connectivity index is 1.49. The molecule has 152 valence electrons. The van der Waals surface area contributed by atoms with Gasteiger partial charge in [-0.2, -0.15) is 0 Å². The summed E-state index contributed by atoms with van der Waals surface area (Å²) in [7, 11) is 0. The fourth-order valence-electron chi connectivity index (χ4n) is 4.34. The van der Waals surface area contributed by atoms with Crippen LogP contribution in [0.3, 0.4) is 0 Å². The first-order valence-electron chi connectivity index (χ1n) is 11.1. The smallest absolute Gasteiger partial charge is 0.0524 e. The molecule has 4 rings (SSSR count). The van der Waals surface area contributed by atoms with Crippen molar-refractivity contribution in [2.75, 3.05) is 44.2 Å². The van der Waals surface area contributed by atoms with Gasteiger partial charge in [0.25, 0.3) is 0 Å². The number of hydrogen-bond donors (Lipinski definition) is 1. The van der Waals surface area contributed by atoms with Gasteiger partial charge in [-0.05, 0) is 41.4 Å². The van der Waals surface area contributed by atoms with Crippen LogP contribution in [0.4, 0.5) is 5.69 Å². The molecule has 0 spiro atoms. The number of anilines is 1. The van der Waals surface area contributed by atoms with Crippen molar-refractivity contribution < 1.29 is 0 Å². The summed E-state index contributed by atoms with van der Waals surface area (Å²) in [5, 5.41) is 6.25. The van der Waals surface area contributed by atoms with Crippen molar-refractivity contribution in [2.24, 2.45) is 0 Å². The van der Waals surface area contributed by atoms with Gasteiger partial charge in [-0.25, -0.2) is 0 Å². The summed E-state index contributed by atoms with van der Waals surface area (Å²) in [5.74, 6) is 0. The molecule has 3 nitrogen and oxygen atoms in total. The number of nitrogens with one attached hydrogen (secondary N) is 1. The van der Waals surface area contributed by atoms with Gasteiger partial charge in [-0.15, -0.1) is 0 Å². The highest BCUT2D eigenvalue weighted by molar-refractivity contribution is 5.85. The van der Waals surface area contributed by atoms with Crippen LogP contribution in [0.15, 0.2) is 72.8 Å². The molecule has 1 N–H and O–H groups in total. The Morgan fingerprint density at radius 2 is 1.66 bits per heavy atom. The Bertz CT molecular complexity index is 893. The van der Waals surface area contributed by atoms with Crippen LogP contribution < -0.4 is 10.2 Å². The fraction of sp³-hybridized carbons (Fsp3) is 0.385. The lowest BCUT2D eigenvalue weighted by Gasteiger charge is -2.43. The molecule has 1 aliphatic heterocycles. The molecule has 0 amide bonds. The topological polar surface area (TPSA) is 18.5 Å². The Morgan fingerprint density at radius 3 is 2.48 bits per heavy atom. The zero-order chi connectivity index (χ0) is 19.9. The van der Waals surface area contributed by atoms with Crippen LogP contribution in [0.25, 0.3) is 10.8 Å². The van der Waals surface area contributed by atoms with Crippen molar-refractivity contribution in [3.05, 3.63) is 78.4 Å². The van der Waals surface area contributed by atoms with Gasteiger partial charge in [-0.3, -0.25) is 4.90 Å². The molecule has 1 saturated heterocycles. The maximum absolute atomic E-state index is 3.61. The monoisotopic (exact) mass is 387 g/mol. The minimum absolute atomic E-state index is 0.435. The first-order chi connectivity index (χ1) is 14.3. The molecule has 3 heteroatoms. The normalized spacial score (nSPS) is 17.7. The maximum Gasteiger partial charge on any atom is 0.0524 e. The number of unbranched alkanes of at least 4 members (excludes halogenated alkanes) is 1. The van der Waals surface area contributed by atoms with Gasteiger partial charge < -0.3 is 10.2 Å². The molecular formula is C26H33N3. The average molecular weight is 388 g/mol. The Morgan fingerprint density at radius 1 is 0.862 bits per heavy atom. The SMILES string of the molecule is CCCCNCCN1CCN(c2ccc3ccccc3c2)C[C@@H]1c1ccccc1. The minimum Gasteiger partial charge on any atom is -0.368 e. The van der Waals surface area contributed by atoms with E-state index in [0.29, 0.717) is 6.04 Å². The quantitative estimate of drug-likeness (QED) is 0.543. The zero-order valence-corrected chi connectivity index (χ0v) is 17.6. The molecule has 0 aliphatic carbocycles. The lowest BCUT2D eigenvalue weighted by Crippen LogP contribution is -2.50. The van der Waals surface area contributed by atoms with Gasteiger partial charge in [0.15, 0.2) is 0 Å². The third-order valence-corrected chi connectivity index (χ3v) is 6.06. The highest BCUT2D eigenvalue weighted by Gasteiger charge is 2.28. The molecule has 29 heavy (non-hydrogen) atoms. The van der Waals surface area contributed by atoms with Crippen LogP contribution in [-0.2, 0) is 0 Å². The molecule has 1 heterocycles. The van der Waals surface area contributed by atoms with Crippen molar-refractivity contribution in [3.8, 4) is 0 Å². The van der Waals surface area contributed by atoms with Crippen molar-refractivity contribution in [3.63, 3.8) is 0 Å². The van der Waals surface area contributed by atoms with E-state index in [0.717, 1.165) is 39.3 Å². The number of piperazine rings is 1. The van der Waals surface area contributed by atoms with E-state index in [2.05, 4.69) is 94.8 Å². The van der Waals surface area contributed by atoms with E-state index >= 15 is 0 Å². The van der Waals surface area contributed by atoms with Gasteiger partial charge in [0.05, 0.1) is 6.04 Å². The number of hydrogen-bond acceptors (Lipinski definition) is 3. The standard InChI is InChI=1S/C26H33N3/c1-2-3-15-27-16-17-28-18-19-29(21-26(28)23-10-5-4-6-11-23)25-14-13-22-9-7-8-12-24(22)20-25/h4-14,20,26-27H,2-3,15-19,21H2,1H3/t26-/m1/s1. The van der Waals surface area contributed by atoms with Crippen LogP contribution in [0.2, 0.25) is 0 Å². The van der Waals surface area contributed by atoms with Crippen LogP contribution >= 0.6 is 0 Å². The summed E-state index contributed by atoms with van der Waals surface area (Å²) >= 11 is 0. The maximum atomic E-state index is 3.61. The first-order valence-corrected chi connectivity index (χ1v) is 11.1. The lowest BCUT2D eigenvalue weighted by atomic mass is 10.0. The molecule has 1 fully saturated rings. The summed E-state index contributed by atoms with van der Waals surface area (Å²) in [6.45, 7) is 8.77. The average Bonchev–Trinajstić information content (AvgIpc) is 2.79. The number of benzene rings is 3. The van der Waals surface area contributed by atoms with E-state index in [1.54, 1.807) is 0 Å². The summed E-state index contributed by atoms with van der Waals surface area (Å²) in [6.07, 6.45) is 2.52. The van der Waals surface area contributed by atoms with E-state index < -0.39 is 0 Å². The molecule has 0 aromatic heterocycles. The van der Waals surface area contributed by atoms with Crippen LogP contribution in [0.1, 0.15) is 31.4 Å². The molecule has 0 bridgehead atoms. The Hall–Kier alpha value is -2.36. The fourth-order valence-corrected chi connectivity index (χ4v) is 4.34. The van der Waals surface area contributed by atoms with Gasteiger partial charge in [0.2, 0.25) is 0 Å². The minimum atomic E-state index is 0.435. The predicted molar refractivity (Wildman–Crippen MR) is 125 cm³/mol. The van der Waals surface area contributed by atoms with Gasteiger partial charge in [-0.1, -0.05) is 74.0 Å². The number of rotatable bonds is 8. The molecule has 0 unspecified atom stereocenters.